The molecule has 1 unspecified atom stereocenters. The number of piperidine rings is 1. The van der Waals surface area contributed by atoms with Gasteiger partial charge in [-0.15, -0.1) is 0 Å². The highest BCUT2D eigenvalue weighted by atomic mass is 16.5. The third kappa shape index (κ3) is 4.35. The van der Waals surface area contributed by atoms with Gasteiger partial charge in [0, 0.05) is 32.8 Å². The smallest absolute Gasteiger partial charge is 0.191 e. The first-order chi connectivity index (χ1) is 9.70. The van der Waals surface area contributed by atoms with Gasteiger partial charge in [-0.25, -0.2) is 0 Å². The summed E-state index contributed by atoms with van der Waals surface area (Å²) in [6.07, 6.45) is 4.97. The van der Waals surface area contributed by atoms with E-state index in [-0.39, 0.29) is 0 Å². The highest BCUT2D eigenvalue weighted by molar-refractivity contribution is 5.78. The van der Waals surface area contributed by atoms with E-state index >= 15 is 0 Å². The van der Waals surface area contributed by atoms with Crippen LogP contribution in [0.5, 0.6) is 0 Å². The van der Waals surface area contributed by atoms with E-state index in [2.05, 4.69) is 21.7 Å². The normalized spacial score (nSPS) is 26.4. The molecule has 2 N–H and O–H groups in total. The molecular weight excluding hydrogens is 252 g/mol. The first-order valence-corrected chi connectivity index (χ1v) is 7.98. The Bertz CT molecular complexity index is 313. The van der Waals surface area contributed by atoms with E-state index in [1.54, 1.807) is 7.11 Å². The van der Waals surface area contributed by atoms with Gasteiger partial charge in [0.25, 0.3) is 0 Å². The molecule has 0 aromatic carbocycles. The summed E-state index contributed by atoms with van der Waals surface area (Å²) < 4.78 is 5.17. The number of hydrogen-bond donors (Lipinski definition) is 1. The SMILES string of the molecule is COCCN1CCCC1CN=C(N)N1CCC(C)CC1. The van der Waals surface area contributed by atoms with Gasteiger partial charge in [0.1, 0.15) is 0 Å². The van der Waals surface area contributed by atoms with Crippen molar-refractivity contribution in [3.8, 4) is 0 Å². The number of nitrogens with zero attached hydrogens (tertiary/aromatic N) is 3. The topological polar surface area (TPSA) is 54.1 Å². The van der Waals surface area contributed by atoms with Gasteiger partial charge in [-0.3, -0.25) is 9.89 Å². The monoisotopic (exact) mass is 282 g/mol. The van der Waals surface area contributed by atoms with E-state index in [0.717, 1.165) is 44.7 Å². The number of hydrogen-bond acceptors (Lipinski definition) is 3. The number of nitrogens with two attached hydrogens (primary N) is 1. The number of guanidine groups is 1. The van der Waals surface area contributed by atoms with E-state index in [4.69, 9.17) is 10.5 Å². The fourth-order valence-corrected chi connectivity index (χ4v) is 3.14. The predicted molar refractivity (Wildman–Crippen MR) is 82.9 cm³/mol. The molecule has 2 aliphatic rings. The lowest BCUT2D eigenvalue weighted by atomic mass is 10.00. The lowest BCUT2D eigenvalue weighted by molar-refractivity contribution is 0.142. The maximum atomic E-state index is 6.15. The Morgan fingerprint density at radius 3 is 2.70 bits per heavy atom. The zero-order valence-electron chi connectivity index (χ0n) is 13.1. The van der Waals surface area contributed by atoms with Gasteiger partial charge in [-0.05, 0) is 38.1 Å². The number of rotatable bonds is 5. The largest absolute Gasteiger partial charge is 0.383 e. The Morgan fingerprint density at radius 1 is 1.25 bits per heavy atom. The lowest BCUT2D eigenvalue weighted by Gasteiger charge is -2.31. The molecule has 0 radical (unpaired) electrons. The van der Waals surface area contributed by atoms with Gasteiger partial charge < -0.3 is 15.4 Å². The molecule has 5 heteroatoms. The number of aliphatic imine (C=N–C) groups is 1. The summed E-state index contributed by atoms with van der Waals surface area (Å²) in [5.74, 6) is 1.58. The molecule has 2 saturated heterocycles. The quantitative estimate of drug-likeness (QED) is 0.607. The van der Waals surface area contributed by atoms with Crippen LogP contribution in [0.15, 0.2) is 4.99 Å². The second-order valence-electron chi connectivity index (χ2n) is 6.19. The molecule has 2 rings (SSSR count). The maximum Gasteiger partial charge on any atom is 0.191 e. The summed E-state index contributed by atoms with van der Waals surface area (Å²) in [6, 6.07) is 0.549. The highest BCUT2D eigenvalue weighted by Gasteiger charge is 2.24. The second-order valence-corrected chi connectivity index (χ2v) is 6.19. The zero-order valence-corrected chi connectivity index (χ0v) is 13.1. The third-order valence-corrected chi connectivity index (χ3v) is 4.65. The fourth-order valence-electron chi connectivity index (χ4n) is 3.14. The Labute approximate surface area is 123 Å². The Morgan fingerprint density at radius 2 is 2.00 bits per heavy atom. The average molecular weight is 282 g/mol. The summed E-state index contributed by atoms with van der Waals surface area (Å²) in [4.78, 5) is 9.38. The molecule has 0 aromatic rings. The van der Waals surface area contributed by atoms with E-state index in [1.807, 2.05) is 0 Å². The number of ether oxygens (including phenoxy) is 1. The van der Waals surface area contributed by atoms with Crippen molar-refractivity contribution in [3.63, 3.8) is 0 Å². The minimum atomic E-state index is 0.549. The van der Waals surface area contributed by atoms with E-state index in [0.29, 0.717) is 6.04 Å². The van der Waals surface area contributed by atoms with Gasteiger partial charge in [-0.1, -0.05) is 6.92 Å². The zero-order chi connectivity index (χ0) is 14.4. The van der Waals surface area contributed by atoms with E-state index in [9.17, 15) is 0 Å². The van der Waals surface area contributed by atoms with Crippen LogP contribution >= 0.6 is 0 Å². The molecule has 1 atom stereocenters. The standard InChI is InChI=1S/C15H30N4O/c1-13-5-8-19(9-6-13)15(16)17-12-14-4-3-7-18(14)10-11-20-2/h13-14H,3-12H2,1-2H3,(H2,16,17). The summed E-state index contributed by atoms with van der Waals surface area (Å²) in [5, 5.41) is 0. The minimum absolute atomic E-state index is 0.549. The van der Waals surface area contributed by atoms with Crippen molar-refractivity contribution in [1.29, 1.82) is 0 Å². The fraction of sp³-hybridized carbons (Fsp3) is 0.933. The highest BCUT2D eigenvalue weighted by Crippen LogP contribution is 2.18. The Balaban J connectivity index is 1.78. The summed E-state index contributed by atoms with van der Waals surface area (Å²) in [7, 11) is 1.76. The van der Waals surface area contributed by atoms with Crippen LogP contribution in [0.1, 0.15) is 32.6 Å². The molecule has 2 fully saturated rings. The van der Waals surface area contributed by atoms with E-state index in [1.165, 1.54) is 32.2 Å². The van der Waals surface area contributed by atoms with Crippen LogP contribution in [-0.4, -0.2) is 68.2 Å². The molecule has 0 amide bonds. The Kier molecular flexibility index (Phi) is 6.10. The molecule has 5 nitrogen and oxygen atoms in total. The molecule has 20 heavy (non-hydrogen) atoms. The van der Waals surface area contributed by atoms with E-state index < -0.39 is 0 Å². The van der Waals surface area contributed by atoms with Crippen LogP contribution in [0.2, 0.25) is 0 Å². The van der Waals surface area contributed by atoms with Gasteiger partial charge >= 0.3 is 0 Å². The molecular formula is C15H30N4O. The summed E-state index contributed by atoms with van der Waals surface area (Å²) in [5.41, 5.74) is 6.15. The van der Waals surface area contributed by atoms with Crippen molar-refractivity contribution in [1.82, 2.24) is 9.80 Å². The molecule has 0 saturated carbocycles. The van der Waals surface area contributed by atoms with Gasteiger partial charge in [-0.2, -0.15) is 0 Å². The van der Waals surface area contributed by atoms with Crippen LogP contribution in [0.25, 0.3) is 0 Å². The number of likely N-dealkylation sites (tertiary alicyclic amines) is 2. The van der Waals surface area contributed by atoms with Crippen LogP contribution in [0.4, 0.5) is 0 Å². The minimum Gasteiger partial charge on any atom is -0.383 e. The van der Waals surface area contributed by atoms with Crippen molar-refractivity contribution in [2.75, 3.05) is 46.4 Å². The lowest BCUT2D eigenvalue weighted by Crippen LogP contribution is -2.43. The van der Waals surface area contributed by atoms with Gasteiger partial charge in [0.2, 0.25) is 0 Å². The van der Waals surface area contributed by atoms with Crippen LogP contribution in [0, 0.1) is 5.92 Å². The predicted octanol–water partition coefficient (Wildman–Crippen LogP) is 1.14. The maximum absolute atomic E-state index is 6.15. The van der Waals surface area contributed by atoms with Crippen LogP contribution in [0.3, 0.4) is 0 Å². The molecule has 0 aromatic heterocycles. The van der Waals surface area contributed by atoms with Gasteiger partial charge in [0.15, 0.2) is 5.96 Å². The van der Waals surface area contributed by atoms with Crippen LogP contribution < -0.4 is 5.73 Å². The summed E-state index contributed by atoms with van der Waals surface area (Å²) >= 11 is 0. The third-order valence-electron chi connectivity index (χ3n) is 4.65. The second kappa shape index (κ2) is 7.84. The average Bonchev–Trinajstić information content (AvgIpc) is 2.90. The molecule has 0 bridgehead atoms. The van der Waals surface area contributed by atoms with Gasteiger partial charge in [0.05, 0.1) is 13.2 Å². The Hall–Kier alpha value is -0.810. The molecule has 0 spiro atoms. The van der Waals surface area contributed by atoms with Crippen molar-refractivity contribution in [3.05, 3.63) is 0 Å². The molecule has 0 aliphatic carbocycles. The van der Waals surface area contributed by atoms with Crippen molar-refractivity contribution in [2.24, 2.45) is 16.6 Å². The summed E-state index contributed by atoms with van der Waals surface area (Å²) in [6.45, 7) is 8.27. The first kappa shape index (κ1) is 15.6. The van der Waals surface area contributed by atoms with Crippen molar-refractivity contribution in [2.45, 2.75) is 38.6 Å². The van der Waals surface area contributed by atoms with Crippen molar-refractivity contribution < 1.29 is 4.74 Å². The van der Waals surface area contributed by atoms with Crippen LogP contribution in [-0.2, 0) is 4.74 Å². The molecule has 2 heterocycles. The molecule has 2 aliphatic heterocycles. The number of methoxy groups -OCH3 is 1. The van der Waals surface area contributed by atoms with Crippen molar-refractivity contribution >= 4 is 5.96 Å². The first-order valence-electron chi connectivity index (χ1n) is 7.98. The molecule has 116 valence electrons.